The summed E-state index contributed by atoms with van der Waals surface area (Å²) in [4.78, 5) is 53.3. The molecule has 3 N–H and O–H groups in total. The lowest BCUT2D eigenvalue weighted by Crippen LogP contribution is -2.54. The number of piperidine rings is 1. The maximum atomic E-state index is 13.1. The minimum Gasteiger partial charge on any atom is -0.508 e. The average molecular weight is 821 g/mol. The van der Waals surface area contributed by atoms with Crippen molar-refractivity contribution < 1.29 is 46.9 Å². The lowest BCUT2D eigenvalue weighted by molar-refractivity contribution is -0.136. The molecule has 15 heteroatoms. The van der Waals surface area contributed by atoms with Crippen molar-refractivity contribution in [3.05, 3.63) is 108 Å². The summed E-state index contributed by atoms with van der Waals surface area (Å²) in [6.45, 7) is 6.08. The minimum atomic E-state index is -3.35. The quantitative estimate of drug-likeness (QED) is 0.0778. The second-order valence-electron chi connectivity index (χ2n) is 14.2. The van der Waals surface area contributed by atoms with E-state index in [1.54, 1.807) is 60.7 Å². The number of ether oxygens (including phenoxy) is 3. The molecule has 0 aromatic heterocycles. The smallest absolute Gasteiger partial charge is 0.262 e. The molecule has 14 nitrogen and oxygen atoms in total. The number of imide groups is 2. The maximum absolute atomic E-state index is 13.1. The Morgan fingerprint density at radius 2 is 1.53 bits per heavy atom. The summed E-state index contributed by atoms with van der Waals surface area (Å²) in [5, 5.41) is 17.1. The molecule has 1 fully saturated rings. The monoisotopic (exact) mass is 820 g/mol. The zero-order valence-corrected chi connectivity index (χ0v) is 33.4. The molecule has 7 rings (SSSR count). The number of benzene rings is 5. The van der Waals surface area contributed by atoms with Gasteiger partial charge in [-0.05, 0) is 103 Å². The first kappa shape index (κ1) is 40.9. The lowest BCUT2D eigenvalue weighted by atomic mass is 9.99. The van der Waals surface area contributed by atoms with E-state index >= 15 is 0 Å². The molecule has 0 radical (unpaired) electrons. The van der Waals surface area contributed by atoms with Crippen LogP contribution in [-0.4, -0.2) is 105 Å². The standard InChI is InChI=1S/C44H44N4O10S/c1-3-47(21-24-56-23-20-45-30-7-16-37-38(27-30)44(53)48(43(37)52)39-18-19-40(50)46-42(39)51)22-25-57-32-9-11-33(12-10-32)58-41-35(15-6-29-26-31(49)8-17-36(29)41)28-4-13-34(14-5-28)59(2,54)55/h4-17,26-27,39,45,49H,3,18-25H2,1-2H3,(H,46,50,51). The van der Waals surface area contributed by atoms with E-state index < -0.39 is 39.5 Å². The summed E-state index contributed by atoms with van der Waals surface area (Å²) in [7, 11) is -3.35. The van der Waals surface area contributed by atoms with Crippen molar-refractivity contribution in [3.63, 3.8) is 0 Å². The first-order valence-corrected chi connectivity index (χ1v) is 21.2. The molecule has 2 aliphatic rings. The maximum Gasteiger partial charge on any atom is 0.262 e. The van der Waals surface area contributed by atoms with Crippen LogP contribution in [0, 0.1) is 0 Å². The summed E-state index contributed by atoms with van der Waals surface area (Å²) in [5.74, 6) is -0.206. The number of fused-ring (bicyclic) bond motifs is 2. The van der Waals surface area contributed by atoms with Crippen LogP contribution in [0.15, 0.2) is 102 Å². The Kier molecular flexibility index (Phi) is 12.3. The van der Waals surface area contributed by atoms with Gasteiger partial charge in [0.15, 0.2) is 9.84 Å². The van der Waals surface area contributed by atoms with E-state index in [1.807, 2.05) is 36.4 Å². The molecule has 0 saturated carbocycles. The van der Waals surface area contributed by atoms with Gasteiger partial charge < -0.3 is 24.6 Å². The van der Waals surface area contributed by atoms with Gasteiger partial charge in [0.05, 0.1) is 29.2 Å². The zero-order valence-electron chi connectivity index (χ0n) is 32.6. The molecule has 5 aromatic rings. The number of nitrogens with one attached hydrogen (secondary N) is 2. The molecular formula is C44H44N4O10S. The van der Waals surface area contributed by atoms with Gasteiger partial charge in [-0.15, -0.1) is 0 Å². The molecule has 1 saturated heterocycles. The first-order chi connectivity index (χ1) is 28.4. The fraction of sp³-hybridized carbons (Fsp3) is 0.273. The van der Waals surface area contributed by atoms with Crippen LogP contribution in [0.5, 0.6) is 23.0 Å². The molecule has 306 valence electrons. The third-order valence-corrected chi connectivity index (χ3v) is 11.4. The van der Waals surface area contributed by atoms with Crippen molar-refractivity contribution in [2.75, 3.05) is 57.6 Å². The number of phenolic OH excluding ortho intramolecular Hbond substituents is 1. The van der Waals surface area contributed by atoms with Crippen LogP contribution >= 0.6 is 0 Å². The second kappa shape index (κ2) is 17.7. The van der Waals surface area contributed by atoms with Crippen molar-refractivity contribution in [1.29, 1.82) is 0 Å². The highest BCUT2D eigenvalue weighted by Gasteiger charge is 2.44. The predicted octanol–water partition coefficient (Wildman–Crippen LogP) is 5.64. The molecule has 0 bridgehead atoms. The van der Waals surface area contributed by atoms with Gasteiger partial charge in [-0.2, -0.15) is 0 Å². The van der Waals surface area contributed by atoms with Crippen LogP contribution in [0.2, 0.25) is 0 Å². The molecule has 1 atom stereocenters. The number of hydrogen-bond donors (Lipinski definition) is 3. The van der Waals surface area contributed by atoms with Gasteiger partial charge in [-0.25, -0.2) is 8.42 Å². The minimum absolute atomic E-state index is 0.0637. The number of likely N-dealkylation sites (N-methyl/N-ethyl adjacent to an activating group) is 1. The van der Waals surface area contributed by atoms with Gasteiger partial charge >= 0.3 is 0 Å². The largest absolute Gasteiger partial charge is 0.508 e. The Labute approximate surface area is 341 Å². The SMILES string of the molecule is CCN(CCOCCNc1ccc2c(c1)C(=O)N(C1CCC(=O)NC1=O)C2=O)CCOc1ccc(Oc2c(-c3ccc(S(C)(=O)=O)cc3)ccc3cc(O)ccc23)cc1. The number of carbonyl (C=O) groups is 4. The van der Waals surface area contributed by atoms with Crippen molar-refractivity contribution in [1.82, 2.24) is 15.1 Å². The number of hydrogen-bond acceptors (Lipinski definition) is 12. The third kappa shape index (κ3) is 9.38. The molecule has 5 aromatic carbocycles. The van der Waals surface area contributed by atoms with Gasteiger partial charge in [0.2, 0.25) is 11.8 Å². The van der Waals surface area contributed by atoms with E-state index in [-0.39, 0.29) is 34.6 Å². The Morgan fingerprint density at radius 1 is 0.814 bits per heavy atom. The number of aromatic hydroxyl groups is 1. The molecule has 0 spiro atoms. The lowest BCUT2D eigenvalue weighted by Gasteiger charge is -2.27. The Bertz CT molecular complexity index is 2510. The van der Waals surface area contributed by atoms with E-state index in [1.165, 1.54) is 6.26 Å². The highest BCUT2D eigenvalue weighted by molar-refractivity contribution is 7.90. The van der Waals surface area contributed by atoms with Crippen LogP contribution in [0.25, 0.3) is 21.9 Å². The van der Waals surface area contributed by atoms with E-state index in [2.05, 4.69) is 22.5 Å². The topological polar surface area (TPSA) is 181 Å². The van der Waals surface area contributed by atoms with Crippen LogP contribution in [0.4, 0.5) is 5.69 Å². The molecule has 4 amide bonds. The van der Waals surface area contributed by atoms with Gasteiger partial charge in [-0.3, -0.25) is 34.3 Å². The summed E-state index contributed by atoms with van der Waals surface area (Å²) >= 11 is 0. The number of amides is 4. The van der Waals surface area contributed by atoms with Gasteiger partial charge in [0.1, 0.15) is 35.6 Å². The normalized spacial score (nSPS) is 15.4. The van der Waals surface area contributed by atoms with Crippen LogP contribution in [0.3, 0.4) is 0 Å². The van der Waals surface area contributed by atoms with Crippen molar-refractivity contribution in [2.45, 2.75) is 30.7 Å². The highest BCUT2D eigenvalue weighted by Crippen LogP contribution is 2.41. The number of carbonyl (C=O) groups excluding carboxylic acids is 4. The molecule has 1 unspecified atom stereocenters. The van der Waals surface area contributed by atoms with E-state index in [0.29, 0.717) is 62.4 Å². The molecule has 0 aliphatic carbocycles. The Balaban J connectivity index is 0.862. The number of sulfone groups is 1. The number of nitrogens with zero attached hydrogens (tertiary/aromatic N) is 2. The highest BCUT2D eigenvalue weighted by atomic mass is 32.2. The second-order valence-corrected chi connectivity index (χ2v) is 16.3. The van der Waals surface area contributed by atoms with Crippen molar-refractivity contribution in [3.8, 4) is 34.1 Å². The van der Waals surface area contributed by atoms with Crippen molar-refractivity contribution in [2.24, 2.45) is 0 Å². The molecule has 2 heterocycles. The molecular weight excluding hydrogens is 777 g/mol. The average Bonchev–Trinajstić information content (AvgIpc) is 3.46. The van der Waals surface area contributed by atoms with Crippen LogP contribution in [0.1, 0.15) is 40.5 Å². The van der Waals surface area contributed by atoms with Gasteiger partial charge in [0.25, 0.3) is 11.8 Å². The fourth-order valence-corrected chi connectivity index (χ4v) is 7.72. The Hall–Kier alpha value is -6.29. The first-order valence-electron chi connectivity index (χ1n) is 19.3. The summed E-state index contributed by atoms with van der Waals surface area (Å²) in [6, 6.07) is 26.6. The van der Waals surface area contributed by atoms with E-state index in [9.17, 15) is 32.7 Å². The fourth-order valence-electron chi connectivity index (χ4n) is 7.09. The van der Waals surface area contributed by atoms with E-state index in [0.717, 1.165) is 33.3 Å². The molecule has 2 aliphatic heterocycles. The molecule has 59 heavy (non-hydrogen) atoms. The number of phenols is 1. The Morgan fingerprint density at radius 3 is 2.25 bits per heavy atom. The van der Waals surface area contributed by atoms with Gasteiger partial charge in [-0.1, -0.05) is 25.1 Å². The predicted molar refractivity (Wildman–Crippen MR) is 221 cm³/mol. The van der Waals surface area contributed by atoms with Crippen molar-refractivity contribution >= 4 is 49.9 Å². The zero-order chi connectivity index (χ0) is 41.7. The number of anilines is 1. The third-order valence-electron chi connectivity index (χ3n) is 10.3. The summed E-state index contributed by atoms with van der Waals surface area (Å²) in [6.07, 6.45) is 1.34. The van der Waals surface area contributed by atoms with E-state index in [4.69, 9.17) is 14.2 Å². The van der Waals surface area contributed by atoms with Crippen LogP contribution < -0.4 is 20.1 Å². The number of rotatable bonds is 17. The summed E-state index contributed by atoms with van der Waals surface area (Å²) < 4.78 is 42.4. The van der Waals surface area contributed by atoms with Gasteiger partial charge in [0, 0.05) is 48.9 Å². The van der Waals surface area contributed by atoms with Crippen LogP contribution in [-0.2, 0) is 24.2 Å². The summed E-state index contributed by atoms with van der Waals surface area (Å²) in [5.41, 5.74) is 2.63.